The molecular weight excluding hydrogens is 192 g/mol. The molecule has 80 valence electrons. The number of hydrogen-bond donors (Lipinski definition) is 2. The SMILES string of the molecule is CC(C)(N)c1ccc2c(c1)NC(=O)CO2. The van der Waals surface area contributed by atoms with Crippen LogP contribution in [0.5, 0.6) is 5.75 Å². The number of nitrogens with two attached hydrogens (primary N) is 1. The number of nitrogens with one attached hydrogen (secondary N) is 1. The Labute approximate surface area is 88.4 Å². The third-order valence-electron chi connectivity index (χ3n) is 2.36. The molecule has 0 aromatic heterocycles. The van der Waals surface area contributed by atoms with Crippen LogP contribution in [0.2, 0.25) is 0 Å². The normalized spacial score (nSPS) is 15.3. The average molecular weight is 206 g/mol. The summed E-state index contributed by atoms with van der Waals surface area (Å²) in [6.07, 6.45) is 0. The van der Waals surface area contributed by atoms with Gasteiger partial charge in [0.15, 0.2) is 6.61 Å². The molecule has 1 aliphatic rings. The molecule has 1 aromatic carbocycles. The van der Waals surface area contributed by atoms with Crippen LogP contribution in [0.1, 0.15) is 19.4 Å². The minimum atomic E-state index is -0.419. The highest BCUT2D eigenvalue weighted by atomic mass is 16.5. The molecule has 0 atom stereocenters. The fourth-order valence-corrected chi connectivity index (χ4v) is 1.48. The minimum Gasteiger partial charge on any atom is -0.482 e. The van der Waals surface area contributed by atoms with E-state index in [1.165, 1.54) is 0 Å². The quantitative estimate of drug-likeness (QED) is 0.726. The fourth-order valence-electron chi connectivity index (χ4n) is 1.48. The molecule has 0 bridgehead atoms. The van der Waals surface area contributed by atoms with Crippen LogP contribution in [-0.2, 0) is 10.3 Å². The standard InChI is InChI=1S/C11H14N2O2/c1-11(2,12)7-3-4-9-8(5-7)13-10(14)6-15-9/h3-5H,6,12H2,1-2H3,(H,13,14). The molecule has 4 nitrogen and oxygen atoms in total. The van der Waals surface area contributed by atoms with Gasteiger partial charge in [-0.15, -0.1) is 0 Å². The number of hydrogen-bond acceptors (Lipinski definition) is 3. The number of anilines is 1. The van der Waals surface area contributed by atoms with Crippen LogP contribution in [0.15, 0.2) is 18.2 Å². The van der Waals surface area contributed by atoms with E-state index < -0.39 is 5.54 Å². The summed E-state index contributed by atoms with van der Waals surface area (Å²) in [6.45, 7) is 3.92. The van der Waals surface area contributed by atoms with Crippen molar-refractivity contribution in [2.24, 2.45) is 5.73 Å². The maximum atomic E-state index is 11.1. The van der Waals surface area contributed by atoms with Gasteiger partial charge in [0.2, 0.25) is 0 Å². The van der Waals surface area contributed by atoms with E-state index in [4.69, 9.17) is 10.5 Å². The van der Waals surface area contributed by atoms with Crippen molar-refractivity contribution in [2.75, 3.05) is 11.9 Å². The molecule has 15 heavy (non-hydrogen) atoms. The molecular formula is C11H14N2O2. The first-order chi connectivity index (χ1) is 6.97. The van der Waals surface area contributed by atoms with Crippen LogP contribution in [-0.4, -0.2) is 12.5 Å². The van der Waals surface area contributed by atoms with Gasteiger partial charge in [-0.1, -0.05) is 6.07 Å². The lowest BCUT2D eigenvalue weighted by atomic mass is 9.95. The minimum absolute atomic E-state index is 0.0817. The maximum Gasteiger partial charge on any atom is 0.262 e. The van der Waals surface area contributed by atoms with Crippen LogP contribution in [0.4, 0.5) is 5.69 Å². The molecule has 0 saturated carbocycles. The summed E-state index contributed by atoms with van der Waals surface area (Å²) >= 11 is 0. The lowest BCUT2D eigenvalue weighted by Gasteiger charge is -2.23. The van der Waals surface area contributed by atoms with Gasteiger partial charge in [0.1, 0.15) is 5.75 Å². The molecule has 1 aliphatic heterocycles. The molecule has 4 heteroatoms. The zero-order valence-electron chi connectivity index (χ0n) is 8.83. The summed E-state index contributed by atoms with van der Waals surface area (Å²) in [7, 11) is 0. The Bertz CT molecular complexity index is 408. The molecule has 3 N–H and O–H groups in total. The predicted octanol–water partition coefficient (Wildman–Crippen LogP) is 1.21. The van der Waals surface area contributed by atoms with Gasteiger partial charge in [0.05, 0.1) is 5.69 Å². The predicted molar refractivity (Wildman–Crippen MR) is 57.8 cm³/mol. The van der Waals surface area contributed by atoms with E-state index in [0.717, 1.165) is 5.56 Å². The van der Waals surface area contributed by atoms with E-state index in [1.54, 1.807) is 0 Å². The van der Waals surface area contributed by atoms with Crippen LogP contribution >= 0.6 is 0 Å². The number of ether oxygens (including phenoxy) is 1. The Morgan fingerprint density at radius 2 is 2.20 bits per heavy atom. The van der Waals surface area contributed by atoms with Crippen LogP contribution in [0.25, 0.3) is 0 Å². The van der Waals surface area contributed by atoms with Crippen molar-refractivity contribution < 1.29 is 9.53 Å². The van der Waals surface area contributed by atoms with E-state index in [-0.39, 0.29) is 12.5 Å². The van der Waals surface area contributed by atoms with E-state index in [9.17, 15) is 4.79 Å². The van der Waals surface area contributed by atoms with Crippen molar-refractivity contribution >= 4 is 11.6 Å². The Balaban J connectivity index is 2.41. The van der Waals surface area contributed by atoms with Crippen LogP contribution < -0.4 is 15.8 Å². The molecule has 0 radical (unpaired) electrons. The Morgan fingerprint density at radius 3 is 2.87 bits per heavy atom. The Morgan fingerprint density at radius 1 is 1.47 bits per heavy atom. The molecule has 1 amide bonds. The highest BCUT2D eigenvalue weighted by molar-refractivity contribution is 5.95. The maximum absolute atomic E-state index is 11.1. The number of carbonyl (C=O) groups is 1. The summed E-state index contributed by atoms with van der Waals surface area (Å²) < 4.78 is 5.25. The summed E-state index contributed by atoms with van der Waals surface area (Å²) in [4.78, 5) is 11.1. The highest BCUT2D eigenvalue weighted by Gasteiger charge is 2.20. The van der Waals surface area contributed by atoms with Crippen molar-refractivity contribution in [3.63, 3.8) is 0 Å². The smallest absolute Gasteiger partial charge is 0.262 e. The summed E-state index contributed by atoms with van der Waals surface area (Å²) in [5, 5.41) is 2.75. The van der Waals surface area contributed by atoms with Gasteiger partial charge in [-0.3, -0.25) is 4.79 Å². The van der Waals surface area contributed by atoms with Crippen molar-refractivity contribution in [3.8, 4) is 5.75 Å². The van der Waals surface area contributed by atoms with Crippen molar-refractivity contribution in [1.29, 1.82) is 0 Å². The lowest BCUT2D eigenvalue weighted by molar-refractivity contribution is -0.118. The third kappa shape index (κ3) is 1.94. The number of benzene rings is 1. The first-order valence-electron chi connectivity index (χ1n) is 4.83. The molecule has 1 aromatic rings. The zero-order chi connectivity index (χ0) is 11.1. The summed E-state index contributed by atoms with van der Waals surface area (Å²) in [5.41, 5.74) is 7.21. The highest BCUT2D eigenvalue weighted by Crippen LogP contribution is 2.31. The van der Waals surface area contributed by atoms with E-state index in [0.29, 0.717) is 11.4 Å². The van der Waals surface area contributed by atoms with Crippen molar-refractivity contribution in [3.05, 3.63) is 23.8 Å². The average Bonchev–Trinajstić information content (AvgIpc) is 2.15. The monoisotopic (exact) mass is 206 g/mol. The zero-order valence-corrected chi connectivity index (χ0v) is 8.83. The molecule has 1 heterocycles. The van der Waals surface area contributed by atoms with Gasteiger partial charge < -0.3 is 15.8 Å². The van der Waals surface area contributed by atoms with Crippen molar-refractivity contribution in [1.82, 2.24) is 0 Å². The van der Waals surface area contributed by atoms with Gasteiger partial charge in [-0.05, 0) is 31.5 Å². The van der Waals surface area contributed by atoms with Gasteiger partial charge in [-0.25, -0.2) is 0 Å². The fraction of sp³-hybridized carbons (Fsp3) is 0.364. The van der Waals surface area contributed by atoms with E-state index >= 15 is 0 Å². The number of rotatable bonds is 1. The Kier molecular flexibility index (Phi) is 2.16. The molecule has 2 rings (SSSR count). The third-order valence-corrected chi connectivity index (χ3v) is 2.36. The second-order valence-corrected chi connectivity index (χ2v) is 4.27. The lowest BCUT2D eigenvalue weighted by Crippen LogP contribution is -2.30. The summed E-state index contributed by atoms with van der Waals surface area (Å²) in [6, 6.07) is 5.60. The largest absolute Gasteiger partial charge is 0.482 e. The van der Waals surface area contributed by atoms with Crippen LogP contribution in [0, 0.1) is 0 Å². The topological polar surface area (TPSA) is 64.3 Å². The van der Waals surface area contributed by atoms with Gasteiger partial charge in [0, 0.05) is 5.54 Å². The van der Waals surface area contributed by atoms with Crippen molar-refractivity contribution in [2.45, 2.75) is 19.4 Å². The molecule has 0 spiro atoms. The molecule has 0 fully saturated rings. The first kappa shape index (κ1) is 9.98. The van der Waals surface area contributed by atoms with Gasteiger partial charge >= 0.3 is 0 Å². The number of fused-ring (bicyclic) bond motifs is 1. The van der Waals surface area contributed by atoms with Gasteiger partial charge in [-0.2, -0.15) is 0 Å². The molecule has 0 saturated heterocycles. The second-order valence-electron chi connectivity index (χ2n) is 4.27. The Hall–Kier alpha value is -1.55. The van der Waals surface area contributed by atoms with Crippen LogP contribution in [0.3, 0.4) is 0 Å². The van der Waals surface area contributed by atoms with Gasteiger partial charge in [0.25, 0.3) is 5.91 Å². The molecule has 0 aliphatic carbocycles. The second kappa shape index (κ2) is 3.24. The van der Waals surface area contributed by atoms with E-state index in [2.05, 4.69) is 5.32 Å². The number of carbonyl (C=O) groups excluding carboxylic acids is 1. The number of amides is 1. The summed E-state index contributed by atoms with van der Waals surface area (Å²) in [5.74, 6) is 0.567. The van der Waals surface area contributed by atoms with E-state index in [1.807, 2.05) is 32.0 Å². The first-order valence-corrected chi connectivity index (χ1v) is 4.83. The molecule has 0 unspecified atom stereocenters.